The van der Waals surface area contributed by atoms with Crippen molar-refractivity contribution < 1.29 is 0 Å². The van der Waals surface area contributed by atoms with Crippen molar-refractivity contribution in [3.05, 3.63) is 206 Å². The average Bonchev–Trinajstić information content (AvgIpc) is 3.23. The van der Waals surface area contributed by atoms with E-state index >= 15 is 0 Å². The molecule has 4 nitrogen and oxygen atoms in total. The second-order valence-electron chi connectivity index (χ2n) is 13.1. The van der Waals surface area contributed by atoms with Crippen molar-refractivity contribution in [3.8, 4) is 33.4 Å². The number of aromatic nitrogens is 1. The normalized spacial score (nSPS) is 13.6. The maximum absolute atomic E-state index is 9.52. The van der Waals surface area contributed by atoms with Gasteiger partial charge in [0.2, 0.25) is 0 Å². The van der Waals surface area contributed by atoms with Crippen LogP contribution in [0.4, 0.5) is 5.69 Å². The van der Waals surface area contributed by atoms with E-state index < -0.39 is 0 Å². The number of hydrogen-bond acceptors (Lipinski definition) is 4. The minimum atomic E-state index is 0.334. The van der Waals surface area contributed by atoms with Crippen LogP contribution in [0.3, 0.4) is 0 Å². The number of allylic oxidation sites excluding steroid dienone is 4. The van der Waals surface area contributed by atoms with Crippen molar-refractivity contribution in [1.82, 2.24) is 4.98 Å². The SMILES string of the molecule is N=C1C=C(c2ccc(-c3ccccc3)c3ccccc23)C=C(c2ccc(-c3ccccc3)c3ccccc23)/C1=N/Nc1cccc(-c2cccnc2)c1. The van der Waals surface area contributed by atoms with E-state index in [-0.39, 0.29) is 0 Å². The van der Waals surface area contributed by atoms with Crippen molar-refractivity contribution in [2.45, 2.75) is 0 Å². The van der Waals surface area contributed by atoms with Gasteiger partial charge in [0, 0.05) is 23.5 Å². The number of hydrogen-bond donors (Lipinski definition) is 2. The Morgan fingerprint density at radius 1 is 0.453 bits per heavy atom. The Bertz CT molecular complexity index is 2740. The predicted molar refractivity (Wildman–Crippen MR) is 223 cm³/mol. The lowest BCUT2D eigenvalue weighted by Gasteiger charge is -2.21. The van der Waals surface area contributed by atoms with Gasteiger partial charge < -0.3 is 0 Å². The van der Waals surface area contributed by atoms with E-state index in [2.05, 4.69) is 150 Å². The molecule has 0 spiro atoms. The summed E-state index contributed by atoms with van der Waals surface area (Å²) in [5, 5.41) is 19.1. The van der Waals surface area contributed by atoms with Gasteiger partial charge in [0.1, 0.15) is 5.71 Å². The molecular weight excluding hydrogens is 645 g/mol. The molecule has 2 N–H and O–H groups in total. The van der Waals surface area contributed by atoms with Gasteiger partial charge >= 0.3 is 0 Å². The van der Waals surface area contributed by atoms with Gasteiger partial charge in [0.25, 0.3) is 0 Å². The molecule has 0 unspecified atom stereocenters. The third kappa shape index (κ3) is 6.13. The number of fused-ring (bicyclic) bond motifs is 2. The van der Waals surface area contributed by atoms with Crippen molar-refractivity contribution in [3.63, 3.8) is 0 Å². The van der Waals surface area contributed by atoms with Crippen LogP contribution in [0.25, 0.3) is 66.1 Å². The number of nitrogens with one attached hydrogen (secondary N) is 2. The minimum absolute atomic E-state index is 0.334. The number of benzene rings is 7. The number of anilines is 1. The highest BCUT2D eigenvalue weighted by molar-refractivity contribution is 6.63. The summed E-state index contributed by atoms with van der Waals surface area (Å²) in [6.45, 7) is 0. The van der Waals surface area contributed by atoms with Crippen LogP contribution in [0.15, 0.2) is 200 Å². The lowest BCUT2D eigenvalue weighted by atomic mass is 9.83. The lowest BCUT2D eigenvalue weighted by Crippen LogP contribution is -2.19. The molecule has 1 aliphatic carbocycles. The first-order chi connectivity index (χ1) is 26.2. The molecule has 1 aromatic heterocycles. The Morgan fingerprint density at radius 2 is 0.981 bits per heavy atom. The largest absolute Gasteiger partial charge is 0.299 e. The maximum Gasteiger partial charge on any atom is 0.116 e. The summed E-state index contributed by atoms with van der Waals surface area (Å²) in [6, 6.07) is 59.0. The Labute approximate surface area is 308 Å². The molecule has 7 aromatic carbocycles. The van der Waals surface area contributed by atoms with Gasteiger partial charge in [-0.2, -0.15) is 5.10 Å². The molecule has 0 fully saturated rings. The zero-order chi connectivity index (χ0) is 35.6. The molecule has 1 heterocycles. The molecule has 8 aromatic rings. The van der Waals surface area contributed by atoms with Gasteiger partial charge in [-0.05, 0) is 96.4 Å². The number of rotatable bonds is 7. The predicted octanol–water partition coefficient (Wildman–Crippen LogP) is 12.4. The summed E-state index contributed by atoms with van der Waals surface area (Å²) >= 11 is 0. The molecule has 0 bridgehead atoms. The highest BCUT2D eigenvalue weighted by Crippen LogP contribution is 2.40. The molecule has 250 valence electrons. The highest BCUT2D eigenvalue weighted by atomic mass is 15.3. The van der Waals surface area contributed by atoms with E-state index in [9.17, 15) is 5.41 Å². The third-order valence-electron chi connectivity index (χ3n) is 9.88. The van der Waals surface area contributed by atoms with Gasteiger partial charge in [-0.1, -0.05) is 152 Å². The van der Waals surface area contributed by atoms with Gasteiger partial charge in [-0.3, -0.25) is 15.8 Å². The van der Waals surface area contributed by atoms with Gasteiger partial charge in [-0.15, -0.1) is 0 Å². The van der Waals surface area contributed by atoms with E-state index in [0.29, 0.717) is 11.4 Å². The summed E-state index contributed by atoms with van der Waals surface area (Å²) in [6.07, 6.45) is 7.78. The van der Waals surface area contributed by atoms with Gasteiger partial charge in [0.15, 0.2) is 0 Å². The highest BCUT2D eigenvalue weighted by Gasteiger charge is 2.24. The van der Waals surface area contributed by atoms with Crippen LogP contribution in [-0.4, -0.2) is 16.4 Å². The molecule has 0 amide bonds. The Balaban J connectivity index is 1.20. The van der Waals surface area contributed by atoms with Crippen LogP contribution in [0, 0.1) is 5.41 Å². The average molecular weight is 679 g/mol. The van der Waals surface area contributed by atoms with Crippen molar-refractivity contribution >= 4 is 49.8 Å². The van der Waals surface area contributed by atoms with Crippen LogP contribution in [0.2, 0.25) is 0 Å². The fourth-order valence-corrected chi connectivity index (χ4v) is 7.36. The first-order valence-corrected chi connectivity index (χ1v) is 17.7. The molecule has 0 atom stereocenters. The van der Waals surface area contributed by atoms with E-state index in [1.807, 2.05) is 48.7 Å². The van der Waals surface area contributed by atoms with Crippen molar-refractivity contribution in [1.29, 1.82) is 5.41 Å². The minimum Gasteiger partial charge on any atom is -0.299 e. The summed E-state index contributed by atoms with van der Waals surface area (Å²) < 4.78 is 0. The van der Waals surface area contributed by atoms with Crippen LogP contribution < -0.4 is 5.43 Å². The molecule has 0 saturated carbocycles. The Kier molecular flexibility index (Phi) is 8.31. The molecule has 0 aliphatic heterocycles. The standard InChI is InChI=1S/C49H34N4/c50-48-31-37(41-25-24-39(33-13-3-1-4-14-33)42-20-7-8-22-44(41)42)30-47(49(48)53-52-38-19-11-17-35(29-38)36-18-12-28-51-32-36)46-27-26-40(34-15-5-2-6-16-34)43-21-9-10-23-45(43)46/h1-32,50,52H/b50-48?,53-49-. The topological polar surface area (TPSA) is 61.1 Å². The van der Waals surface area contributed by atoms with Crippen molar-refractivity contribution in [2.24, 2.45) is 5.10 Å². The molecule has 0 saturated heterocycles. The van der Waals surface area contributed by atoms with Crippen LogP contribution in [0.5, 0.6) is 0 Å². The van der Waals surface area contributed by atoms with Gasteiger partial charge in [0.05, 0.1) is 11.4 Å². The molecule has 4 heteroatoms. The van der Waals surface area contributed by atoms with Crippen LogP contribution in [0.1, 0.15) is 11.1 Å². The first-order valence-electron chi connectivity index (χ1n) is 17.7. The molecule has 1 aliphatic rings. The monoisotopic (exact) mass is 678 g/mol. The number of pyridine rings is 1. The van der Waals surface area contributed by atoms with E-state index in [4.69, 9.17) is 5.10 Å². The van der Waals surface area contributed by atoms with E-state index in [0.717, 1.165) is 60.8 Å². The Morgan fingerprint density at radius 3 is 1.60 bits per heavy atom. The fraction of sp³-hybridized carbons (Fsp3) is 0. The smallest absolute Gasteiger partial charge is 0.116 e. The number of nitrogens with zero attached hydrogens (tertiary/aromatic N) is 2. The summed E-state index contributed by atoms with van der Waals surface area (Å²) in [5.41, 5.74) is 15.7. The summed E-state index contributed by atoms with van der Waals surface area (Å²) in [4.78, 5) is 4.29. The summed E-state index contributed by atoms with van der Waals surface area (Å²) in [5.74, 6) is 0. The quantitative estimate of drug-likeness (QED) is 0.130. The molecule has 53 heavy (non-hydrogen) atoms. The maximum atomic E-state index is 9.52. The lowest BCUT2D eigenvalue weighted by molar-refractivity contribution is 1.32. The third-order valence-corrected chi connectivity index (χ3v) is 9.88. The zero-order valence-corrected chi connectivity index (χ0v) is 28.9. The molecular formula is C49H34N4. The van der Waals surface area contributed by atoms with Crippen molar-refractivity contribution in [2.75, 3.05) is 5.43 Å². The van der Waals surface area contributed by atoms with E-state index in [1.54, 1.807) is 6.20 Å². The van der Waals surface area contributed by atoms with Crippen LogP contribution in [-0.2, 0) is 0 Å². The fourth-order valence-electron chi connectivity index (χ4n) is 7.36. The van der Waals surface area contributed by atoms with Crippen LogP contribution >= 0.6 is 0 Å². The zero-order valence-electron chi connectivity index (χ0n) is 28.9. The molecule has 0 radical (unpaired) electrons. The summed E-state index contributed by atoms with van der Waals surface area (Å²) in [7, 11) is 0. The molecule has 9 rings (SSSR count). The first kappa shape index (κ1) is 31.8. The van der Waals surface area contributed by atoms with Gasteiger partial charge in [-0.25, -0.2) is 0 Å². The second-order valence-corrected chi connectivity index (χ2v) is 13.1. The van der Waals surface area contributed by atoms with E-state index in [1.165, 1.54) is 22.1 Å². The Hall–Kier alpha value is -7.17. The number of hydrazone groups is 1. The second kappa shape index (κ2) is 13.9.